The Bertz CT molecular complexity index is 647. The van der Waals surface area contributed by atoms with E-state index in [-0.39, 0.29) is 5.91 Å². The molecule has 5 heteroatoms. The number of aryl methyl sites for hydroxylation is 1. The van der Waals surface area contributed by atoms with Crippen molar-refractivity contribution in [3.8, 4) is 0 Å². The van der Waals surface area contributed by atoms with E-state index in [1.54, 1.807) is 6.20 Å². The zero-order chi connectivity index (χ0) is 16.1. The van der Waals surface area contributed by atoms with Gasteiger partial charge in [-0.1, -0.05) is 19.1 Å². The van der Waals surface area contributed by atoms with E-state index >= 15 is 0 Å². The largest absolute Gasteiger partial charge is 0.378 e. The Kier molecular flexibility index (Phi) is 4.88. The Labute approximate surface area is 136 Å². The van der Waals surface area contributed by atoms with Crippen molar-refractivity contribution in [2.24, 2.45) is 0 Å². The zero-order valence-corrected chi connectivity index (χ0v) is 13.3. The number of amides is 1. The van der Waals surface area contributed by atoms with Gasteiger partial charge >= 0.3 is 0 Å². The van der Waals surface area contributed by atoms with Gasteiger partial charge in [-0.25, -0.2) is 4.98 Å². The molecular formula is C18H21N3O2. The maximum atomic E-state index is 12.2. The Hall–Kier alpha value is -2.40. The molecule has 1 saturated heterocycles. The van der Waals surface area contributed by atoms with Crippen molar-refractivity contribution in [1.82, 2.24) is 4.98 Å². The number of nitrogens with zero attached hydrogens (tertiary/aromatic N) is 2. The summed E-state index contributed by atoms with van der Waals surface area (Å²) in [7, 11) is 0. The first-order valence-corrected chi connectivity index (χ1v) is 7.95. The van der Waals surface area contributed by atoms with E-state index in [1.165, 1.54) is 5.56 Å². The number of nitrogens with one attached hydrogen (secondary N) is 1. The topological polar surface area (TPSA) is 54.5 Å². The van der Waals surface area contributed by atoms with E-state index in [9.17, 15) is 4.79 Å². The summed E-state index contributed by atoms with van der Waals surface area (Å²) in [5.41, 5.74) is 2.57. The Morgan fingerprint density at radius 2 is 1.91 bits per heavy atom. The van der Waals surface area contributed by atoms with Gasteiger partial charge in [-0.05, 0) is 36.2 Å². The summed E-state index contributed by atoms with van der Waals surface area (Å²) in [5, 5.41) is 2.88. The van der Waals surface area contributed by atoms with Crippen LogP contribution in [-0.4, -0.2) is 37.2 Å². The number of aromatic nitrogens is 1. The SMILES string of the molecule is CCc1ccc(C(=O)Nc2ccc(N3CCOCC3)nc2)cc1. The van der Waals surface area contributed by atoms with Crippen molar-refractivity contribution in [3.05, 3.63) is 53.7 Å². The lowest BCUT2D eigenvalue weighted by molar-refractivity contribution is 0.102. The molecule has 1 N–H and O–H groups in total. The fourth-order valence-corrected chi connectivity index (χ4v) is 2.53. The third-order valence-electron chi connectivity index (χ3n) is 3.97. The number of morpholine rings is 1. The second-order valence-electron chi connectivity index (χ2n) is 5.51. The first-order chi connectivity index (χ1) is 11.3. The van der Waals surface area contributed by atoms with Gasteiger partial charge in [-0.2, -0.15) is 0 Å². The van der Waals surface area contributed by atoms with Gasteiger partial charge in [0.1, 0.15) is 5.82 Å². The van der Waals surface area contributed by atoms with E-state index in [4.69, 9.17) is 4.74 Å². The molecule has 0 unspecified atom stereocenters. The summed E-state index contributed by atoms with van der Waals surface area (Å²) in [6.45, 7) is 5.25. The lowest BCUT2D eigenvalue weighted by Gasteiger charge is -2.27. The van der Waals surface area contributed by atoms with Crippen LogP contribution in [0.1, 0.15) is 22.8 Å². The molecule has 1 aromatic heterocycles. The molecule has 0 aliphatic carbocycles. The molecule has 2 aromatic rings. The van der Waals surface area contributed by atoms with Crippen molar-refractivity contribution in [2.45, 2.75) is 13.3 Å². The Morgan fingerprint density at radius 1 is 1.17 bits per heavy atom. The van der Waals surface area contributed by atoms with Crippen molar-refractivity contribution >= 4 is 17.4 Å². The highest BCUT2D eigenvalue weighted by Crippen LogP contribution is 2.16. The fourth-order valence-electron chi connectivity index (χ4n) is 2.53. The molecule has 120 valence electrons. The van der Waals surface area contributed by atoms with Crippen LogP contribution in [0.3, 0.4) is 0 Å². The predicted molar refractivity (Wildman–Crippen MR) is 91.0 cm³/mol. The third kappa shape index (κ3) is 3.87. The van der Waals surface area contributed by atoms with Crippen LogP contribution in [0, 0.1) is 0 Å². The van der Waals surface area contributed by atoms with Gasteiger partial charge in [-0.15, -0.1) is 0 Å². The molecule has 1 aliphatic rings. The van der Waals surface area contributed by atoms with Crippen LogP contribution in [0.2, 0.25) is 0 Å². The molecule has 5 nitrogen and oxygen atoms in total. The van der Waals surface area contributed by atoms with E-state index in [0.29, 0.717) is 11.3 Å². The minimum Gasteiger partial charge on any atom is -0.378 e. The molecule has 1 aromatic carbocycles. The van der Waals surface area contributed by atoms with Gasteiger partial charge in [0.25, 0.3) is 5.91 Å². The number of ether oxygens (including phenoxy) is 1. The van der Waals surface area contributed by atoms with Crippen LogP contribution in [0.4, 0.5) is 11.5 Å². The van der Waals surface area contributed by atoms with Crippen LogP contribution >= 0.6 is 0 Å². The summed E-state index contributed by atoms with van der Waals surface area (Å²) in [4.78, 5) is 18.8. The lowest BCUT2D eigenvalue weighted by atomic mass is 10.1. The molecule has 1 fully saturated rings. The summed E-state index contributed by atoms with van der Waals surface area (Å²) >= 11 is 0. The van der Waals surface area contributed by atoms with Crippen LogP contribution < -0.4 is 10.2 Å². The fraction of sp³-hybridized carbons (Fsp3) is 0.333. The standard InChI is InChI=1S/C18H21N3O2/c1-2-14-3-5-15(6-4-14)18(22)20-16-7-8-17(19-13-16)21-9-11-23-12-10-21/h3-8,13H,2,9-12H2,1H3,(H,20,22). The molecule has 0 radical (unpaired) electrons. The average Bonchev–Trinajstić information content (AvgIpc) is 2.63. The normalized spacial score (nSPS) is 14.6. The minimum absolute atomic E-state index is 0.117. The van der Waals surface area contributed by atoms with Gasteiger partial charge < -0.3 is 15.0 Å². The minimum atomic E-state index is -0.117. The first kappa shape index (κ1) is 15.5. The highest BCUT2D eigenvalue weighted by atomic mass is 16.5. The average molecular weight is 311 g/mol. The van der Waals surface area contributed by atoms with E-state index in [1.807, 2.05) is 36.4 Å². The number of pyridine rings is 1. The monoisotopic (exact) mass is 311 g/mol. The van der Waals surface area contributed by atoms with Crippen molar-refractivity contribution in [3.63, 3.8) is 0 Å². The zero-order valence-electron chi connectivity index (χ0n) is 13.3. The summed E-state index contributed by atoms with van der Waals surface area (Å²) in [5.74, 6) is 0.798. The predicted octanol–water partition coefficient (Wildman–Crippen LogP) is 2.73. The molecule has 0 bridgehead atoms. The quantitative estimate of drug-likeness (QED) is 0.943. The van der Waals surface area contributed by atoms with E-state index < -0.39 is 0 Å². The van der Waals surface area contributed by atoms with Gasteiger partial charge in [0.2, 0.25) is 0 Å². The van der Waals surface area contributed by atoms with Crippen LogP contribution in [-0.2, 0) is 11.2 Å². The maximum Gasteiger partial charge on any atom is 0.255 e. The smallest absolute Gasteiger partial charge is 0.255 e. The lowest BCUT2D eigenvalue weighted by Crippen LogP contribution is -2.36. The van der Waals surface area contributed by atoms with Crippen molar-refractivity contribution in [2.75, 3.05) is 36.5 Å². The summed E-state index contributed by atoms with van der Waals surface area (Å²) < 4.78 is 5.34. The molecule has 1 aliphatic heterocycles. The molecule has 0 saturated carbocycles. The van der Waals surface area contributed by atoms with Crippen molar-refractivity contribution < 1.29 is 9.53 Å². The number of hydrogen-bond donors (Lipinski definition) is 1. The van der Waals surface area contributed by atoms with Gasteiger partial charge in [0.05, 0.1) is 25.1 Å². The van der Waals surface area contributed by atoms with Crippen LogP contribution in [0.25, 0.3) is 0 Å². The molecular weight excluding hydrogens is 290 g/mol. The first-order valence-electron chi connectivity index (χ1n) is 7.95. The van der Waals surface area contributed by atoms with Crippen LogP contribution in [0.5, 0.6) is 0 Å². The van der Waals surface area contributed by atoms with E-state index in [2.05, 4.69) is 22.1 Å². The number of rotatable bonds is 4. The molecule has 0 spiro atoms. The van der Waals surface area contributed by atoms with Gasteiger partial charge in [0.15, 0.2) is 0 Å². The molecule has 1 amide bonds. The highest BCUT2D eigenvalue weighted by Gasteiger charge is 2.12. The Morgan fingerprint density at radius 3 is 2.52 bits per heavy atom. The molecule has 3 rings (SSSR count). The highest BCUT2D eigenvalue weighted by molar-refractivity contribution is 6.04. The number of benzene rings is 1. The third-order valence-corrected chi connectivity index (χ3v) is 3.97. The Balaban J connectivity index is 1.63. The number of hydrogen-bond acceptors (Lipinski definition) is 4. The molecule has 0 atom stereocenters. The number of anilines is 2. The molecule has 23 heavy (non-hydrogen) atoms. The number of carbonyl (C=O) groups is 1. The second kappa shape index (κ2) is 7.24. The maximum absolute atomic E-state index is 12.2. The van der Waals surface area contributed by atoms with E-state index in [0.717, 1.165) is 38.5 Å². The summed E-state index contributed by atoms with van der Waals surface area (Å²) in [6, 6.07) is 11.5. The van der Waals surface area contributed by atoms with Gasteiger partial charge in [0, 0.05) is 18.7 Å². The van der Waals surface area contributed by atoms with Crippen LogP contribution in [0.15, 0.2) is 42.6 Å². The number of carbonyl (C=O) groups excluding carboxylic acids is 1. The summed E-state index contributed by atoms with van der Waals surface area (Å²) in [6.07, 6.45) is 2.66. The van der Waals surface area contributed by atoms with Gasteiger partial charge in [-0.3, -0.25) is 4.79 Å². The molecule has 2 heterocycles. The second-order valence-corrected chi connectivity index (χ2v) is 5.51. The van der Waals surface area contributed by atoms with Crippen molar-refractivity contribution in [1.29, 1.82) is 0 Å².